The highest BCUT2D eigenvalue weighted by Gasteiger charge is 2.21. The molecule has 0 fully saturated rings. The smallest absolute Gasteiger partial charge is 0.270 e. The molecule has 0 spiro atoms. The lowest BCUT2D eigenvalue weighted by atomic mass is 10.1. The van der Waals surface area contributed by atoms with Crippen molar-refractivity contribution in [3.63, 3.8) is 0 Å². The van der Waals surface area contributed by atoms with Crippen molar-refractivity contribution in [1.29, 1.82) is 0 Å². The molecule has 37 heavy (non-hydrogen) atoms. The lowest BCUT2D eigenvalue weighted by Crippen LogP contribution is -2.23. The Kier molecular flexibility index (Phi) is 7.62. The summed E-state index contributed by atoms with van der Waals surface area (Å²) in [5.74, 6) is -0.595. The average Bonchev–Trinajstić information content (AvgIpc) is 3.34. The van der Waals surface area contributed by atoms with Crippen LogP contribution in [0.3, 0.4) is 0 Å². The third-order valence-corrected chi connectivity index (χ3v) is 7.73. The number of anilines is 1. The maximum absolute atomic E-state index is 14.8. The van der Waals surface area contributed by atoms with Gasteiger partial charge in [0.25, 0.3) is 11.8 Å². The van der Waals surface area contributed by atoms with Gasteiger partial charge in [0.15, 0.2) is 21.3 Å². The average molecular weight is 527 g/mol. The van der Waals surface area contributed by atoms with Crippen LogP contribution in [-0.4, -0.2) is 51.6 Å². The molecule has 2 aromatic carbocycles. The van der Waals surface area contributed by atoms with E-state index in [0.29, 0.717) is 29.9 Å². The van der Waals surface area contributed by atoms with E-state index in [1.807, 2.05) is 0 Å². The molecule has 0 amide bonds. The first-order valence-corrected chi connectivity index (χ1v) is 13.1. The van der Waals surface area contributed by atoms with Crippen molar-refractivity contribution in [3.8, 4) is 34.3 Å². The van der Waals surface area contributed by atoms with Crippen LogP contribution in [0.5, 0.6) is 0 Å². The topological polar surface area (TPSA) is 157 Å². The van der Waals surface area contributed by atoms with Gasteiger partial charge >= 0.3 is 0 Å². The fourth-order valence-corrected chi connectivity index (χ4v) is 4.54. The van der Waals surface area contributed by atoms with Crippen molar-refractivity contribution in [2.75, 3.05) is 12.3 Å². The Hall–Kier alpha value is -3.74. The van der Waals surface area contributed by atoms with Gasteiger partial charge in [-0.2, -0.15) is 0 Å². The molecule has 0 saturated carbocycles. The Balaban J connectivity index is 1.58. The largest absolute Gasteiger partial charge is 0.414 e. The molecule has 0 aliphatic carbocycles. The van der Waals surface area contributed by atoms with Crippen molar-refractivity contribution in [2.24, 2.45) is 0 Å². The quantitative estimate of drug-likeness (QED) is 0.296. The van der Waals surface area contributed by atoms with E-state index in [4.69, 9.17) is 10.2 Å². The Morgan fingerprint density at radius 1 is 1.08 bits per heavy atom. The number of halogens is 1. The van der Waals surface area contributed by atoms with E-state index < -0.39 is 27.0 Å². The third kappa shape index (κ3) is 5.82. The molecule has 0 radical (unpaired) electrons. The normalized spacial score (nSPS) is 12.7. The molecule has 2 heterocycles. The first kappa shape index (κ1) is 26.3. The van der Waals surface area contributed by atoms with Crippen LogP contribution in [0, 0.1) is 5.82 Å². The van der Waals surface area contributed by atoms with Crippen molar-refractivity contribution in [2.45, 2.75) is 43.6 Å². The number of aromatic nitrogens is 4. The minimum Gasteiger partial charge on any atom is -0.414 e. The van der Waals surface area contributed by atoms with Crippen LogP contribution in [0.2, 0.25) is 0 Å². The molecule has 0 unspecified atom stereocenters. The molecule has 0 aliphatic heterocycles. The van der Waals surface area contributed by atoms with E-state index in [1.165, 1.54) is 30.5 Å². The van der Waals surface area contributed by atoms with Crippen LogP contribution in [0.25, 0.3) is 34.3 Å². The number of benzene rings is 2. The number of nitrogens with two attached hydrogens (primary N) is 1. The summed E-state index contributed by atoms with van der Waals surface area (Å²) in [5, 5.41) is 19.7. The highest BCUT2D eigenvalue weighted by atomic mass is 32.2. The Morgan fingerprint density at radius 3 is 2.43 bits per heavy atom. The van der Waals surface area contributed by atoms with Gasteiger partial charge in [0.2, 0.25) is 0 Å². The number of nitrogens with zero attached hydrogens (tertiary/aromatic N) is 4. The van der Waals surface area contributed by atoms with E-state index in [1.54, 1.807) is 39.0 Å². The zero-order valence-corrected chi connectivity index (χ0v) is 21.3. The maximum Gasteiger partial charge on any atom is 0.270 e. The predicted molar refractivity (Wildman–Crippen MR) is 136 cm³/mol. The van der Waals surface area contributed by atoms with Gasteiger partial charge in [-0.15, -0.1) is 10.2 Å². The lowest BCUT2D eigenvalue weighted by Gasteiger charge is -2.09. The standard InChI is InChI=1S/C25H27FN6O4S/c1-14(2)37(34,35)18-7-5-17(6-8-18)21-13-29-23(27)22(30-21)25-32-31-24(36-25)19-9-4-16(10-20(19)26)12-28-11-15(3)33/h4-10,13-15,28,33H,11-12H2,1-3H3,(H2,27,29)/t15-/m1/s1. The van der Waals surface area contributed by atoms with E-state index in [2.05, 4.69) is 25.5 Å². The van der Waals surface area contributed by atoms with Crippen molar-refractivity contribution in [1.82, 2.24) is 25.5 Å². The van der Waals surface area contributed by atoms with Crippen LogP contribution in [0.1, 0.15) is 26.3 Å². The molecule has 0 bridgehead atoms. The second-order valence-electron chi connectivity index (χ2n) is 8.81. The highest BCUT2D eigenvalue weighted by molar-refractivity contribution is 7.92. The number of nitrogen functional groups attached to an aromatic ring is 1. The molecule has 10 nitrogen and oxygen atoms in total. The number of sulfone groups is 1. The van der Waals surface area contributed by atoms with Gasteiger partial charge in [-0.3, -0.25) is 0 Å². The minimum atomic E-state index is -3.41. The molecule has 4 N–H and O–H groups in total. The third-order valence-electron chi connectivity index (χ3n) is 5.56. The van der Waals surface area contributed by atoms with Gasteiger partial charge in [-0.05, 0) is 50.6 Å². The number of hydrogen-bond acceptors (Lipinski definition) is 10. The summed E-state index contributed by atoms with van der Waals surface area (Å²) in [4.78, 5) is 8.84. The van der Waals surface area contributed by atoms with E-state index in [9.17, 15) is 17.9 Å². The Labute approximate surface area is 213 Å². The number of aliphatic hydroxyl groups is 1. The van der Waals surface area contributed by atoms with E-state index in [-0.39, 0.29) is 33.8 Å². The number of hydrogen-bond donors (Lipinski definition) is 3. The first-order valence-electron chi connectivity index (χ1n) is 11.5. The first-order chi connectivity index (χ1) is 17.6. The number of nitrogens with one attached hydrogen (secondary N) is 1. The summed E-state index contributed by atoms with van der Waals surface area (Å²) in [7, 11) is -3.41. The fourth-order valence-electron chi connectivity index (χ4n) is 3.48. The van der Waals surface area contributed by atoms with Crippen LogP contribution in [0.4, 0.5) is 10.2 Å². The molecule has 4 rings (SSSR count). The molecule has 2 aromatic heterocycles. The molecule has 12 heteroatoms. The molecular formula is C25H27FN6O4S. The Bertz CT molecular complexity index is 1500. The minimum absolute atomic E-state index is 0.0390. The highest BCUT2D eigenvalue weighted by Crippen LogP contribution is 2.30. The number of aliphatic hydroxyl groups excluding tert-OH is 1. The summed E-state index contributed by atoms with van der Waals surface area (Å²) in [6, 6.07) is 10.9. The zero-order valence-electron chi connectivity index (χ0n) is 20.5. The van der Waals surface area contributed by atoms with Gasteiger partial charge in [0, 0.05) is 18.7 Å². The van der Waals surface area contributed by atoms with Crippen molar-refractivity contribution < 1.29 is 22.3 Å². The zero-order chi connectivity index (χ0) is 26.7. The lowest BCUT2D eigenvalue weighted by molar-refractivity contribution is 0.191. The van der Waals surface area contributed by atoms with Gasteiger partial charge < -0.3 is 20.6 Å². The molecule has 194 valence electrons. The Morgan fingerprint density at radius 2 is 1.78 bits per heavy atom. The maximum atomic E-state index is 14.8. The van der Waals surface area contributed by atoms with Gasteiger partial charge in [-0.25, -0.2) is 22.8 Å². The van der Waals surface area contributed by atoms with E-state index >= 15 is 0 Å². The van der Waals surface area contributed by atoms with Gasteiger partial charge in [0.1, 0.15) is 5.82 Å². The van der Waals surface area contributed by atoms with Crippen LogP contribution >= 0.6 is 0 Å². The van der Waals surface area contributed by atoms with Crippen molar-refractivity contribution >= 4 is 15.7 Å². The summed E-state index contributed by atoms with van der Waals surface area (Å²) >= 11 is 0. The van der Waals surface area contributed by atoms with Crippen LogP contribution in [-0.2, 0) is 16.4 Å². The molecule has 0 saturated heterocycles. The van der Waals surface area contributed by atoms with Gasteiger partial charge in [-0.1, -0.05) is 18.2 Å². The van der Waals surface area contributed by atoms with Crippen LogP contribution in [0.15, 0.2) is 58.0 Å². The summed E-state index contributed by atoms with van der Waals surface area (Å²) in [6.45, 7) is 5.68. The fraction of sp³-hybridized carbons (Fsp3) is 0.280. The van der Waals surface area contributed by atoms with Crippen LogP contribution < -0.4 is 11.1 Å². The van der Waals surface area contributed by atoms with E-state index in [0.717, 1.165) is 0 Å². The molecule has 4 aromatic rings. The predicted octanol–water partition coefficient (Wildman–Crippen LogP) is 3.23. The summed E-state index contributed by atoms with van der Waals surface area (Å²) < 4.78 is 45.2. The molecule has 1 atom stereocenters. The summed E-state index contributed by atoms with van der Waals surface area (Å²) in [6.07, 6.45) is 0.946. The second kappa shape index (κ2) is 10.7. The summed E-state index contributed by atoms with van der Waals surface area (Å²) in [5.41, 5.74) is 7.95. The SMILES string of the molecule is CC(C)S(=O)(=O)c1ccc(-c2cnc(N)c(-c3nnc(-c4ccc(CNC[C@@H](C)O)cc4F)o3)n2)cc1. The molecular weight excluding hydrogens is 499 g/mol. The monoisotopic (exact) mass is 526 g/mol. The van der Waals surface area contributed by atoms with Gasteiger partial charge in [0.05, 0.1) is 33.7 Å². The second-order valence-corrected chi connectivity index (χ2v) is 11.3. The molecule has 0 aliphatic rings. The van der Waals surface area contributed by atoms with Crippen molar-refractivity contribution in [3.05, 3.63) is 60.0 Å². The number of rotatable bonds is 9.